The number of rotatable bonds is 9. The Morgan fingerprint density at radius 1 is 0.378 bits per heavy atom. The van der Waals surface area contributed by atoms with Gasteiger partial charge in [0, 0.05) is 60.0 Å². The SMILES string of the molecule is C1=CCC(c2cc(-c3ccccc3)cc(-c3nc(-c4ccc(-c5ccccc5)cc4)nc(-c4cc(-c5ccccc5)c(-n5c6ccccc6c6ccc7c8ccccc8sc7c65)c(-c5ccccc5)c4)n3)c2)C=C1. The molecular weight excluding hydrogens is 917 g/mol. The van der Waals surface area contributed by atoms with Crippen molar-refractivity contribution < 1.29 is 0 Å². The first-order chi connectivity index (χ1) is 36.7. The maximum Gasteiger partial charge on any atom is 0.164 e. The molecule has 0 amide bonds. The van der Waals surface area contributed by atoms with Gasteiger partial charge in [-0.2, -0.15) is 0 Å². The molecule has 14 rings (SSSR count). The number of hydrogen-bond donors (Lipinski definition) is 0. The fraction of sp³-hybridized carbons (Fsp3) is 0.0290. The molecule has 0 radical (unpaired) electrons. The fourth-order valence-corrected chi connectivity index (χ4v) is 12.2. The van der Waals surface area contributed by atoms with Gasteiger partial charge in [0.2, 0.25) is 0 Å². The summed E-state index contributed by atoms with van der Waals surface area (Å²) in [6.07, 6.45) is 9.77. The van der Waals surface area contributed by atoms with Crippen LogP contribution in [0.3, 0.4) is 0 Å². The number of hydrogen-bond acceptors (Lipinski definition) is 4. The van der Waals surface area contributed by atoms with Crippen LogP contribution in [0.5, 0.6) is 0 Å². The van der Waals surface area contributed by atoms with Gasteiger partial charge in [0.25, 0.3) is 0 Å². The molecule has 0 spiro atoms. The second kappa shape index (κ2) is 18.4. The second-order valence-corrected chi connectivity index (χ2v) is 20.1. The summed E-state index contributed by atoms with van der Waals surface area (Å²) in [4.78, 5) is 16.4. The van der Waals surface area contributed by atoms with Gasteiger partial charge >= 0.3 is 0 Å². The summed E-state index contributed by atoms with van der Waals surface area (Å²) in [7, 11) is 0. The second-order valence-electron chi connectivity index (χ2n) is 19.1. The van der Waals surface area contributed by atoms with Crippen molar-refractivity contribution in [3.05, 3.63) is 266 Å². The minimum absolute atomic E-state index is 0.220. The molecule has 348 valence electrons. The van der Waals surface area contributed by atoms with Crippen LogP contribution >= 0.6 is 11.3 Å². The molecule has 0 saturated carbocycles. The molecule has 0 fully saturated rings. The monoisotopic (exact) mass is 962 g/mol. The van der Waals surface area contributed by atoms with Crippen LogP contribution in [0, 0.1) is 0 Å². The lowest BCUT2D eigenvalue weighted by atomic mass is 9.88. The number of nitrogens with zero attached hydrogens (tertiary/aromatic N) is 4. The summed E-state index contributed by atoms with van der Waals surface area (Å²) >= 11 is 1.87. The van der Waals surface area contributed by atoms with Crippen LogP contribution in [0.4, 0.5) is 0 Å². The van der Waals surface area contributed by atoms with Crippen LogP contribution in [-0.4, -0.2) is 19.5 Å². The molecule has 0 aliphatic heterocycles. The third-order valence-electron chi connectivity index (χ3n) is 14.6. The van der Waals surface area contributed by atoms with E-state index < -0.39 is 0 Å². The van der Waals surface area contributed by atoms with Crippen molar-refractivity contribution in [2.24, 2.45) is 0 Å². The Morgan fingerprint density at radius 2 is 0.878 bits per heavy atom. The molecule has 1 atom stereocenters. The van der Waals surface area contributed by atoms with Crippen LogP contribution in [0.25, 0.3) is 126 Å². The molecule has 0 saturated heterocycles. The molecule has 3 heterocycles. The Morgan fingerprint density at radius 3 is 1.51 bits per heavy atom. The van der Waals surface area contributed by atoms with Crippen molar-refractivity contribution in [3.63, 3.8) is 0 Å². The van der Waals surface area contributed by atoms with Crippen molar-refractivity contribution in [3.8, 4) is 84.4 Å². The lowest BCUT2D eigenvalue weighted by Gasteiger charge is -2.21. The lowest BCUT2D eigenvalue weighted by molar-refractivity contribution is 0.854. The Bertz CT molecular complexity index is 4250. The molecule has 0 bridgehead atoms. The van der Waals surface area contributed by atoms with E-state index in [1.54, 1.807) is 0 Å². The Kier molecular flexibility index (Phi) is 10.8. The van der Waals surface area contributed by atoms with Crippen LogP contribution in [0.2, 0.25) is 0 Å². The third-order valence-corrected chi connectivity index (χ3v) is 15.7. The average Bonchev–Trinajstić information content (AvgIpc) is 4.04. The smallest absolute Gasteiger partial charge is 0.164 e. The van der Waals surface area contributed by atoms with Crippen molar-refractivity contribution in [1.29, 1.82) is 0 Å². The molecular formula is C69H46N4S. The normalized spacial score (nSPS) is 13.4. The predicted molar refractivity (Wildman–Crippen MR) is 311 cm³/mol. The van der Waals surface area contributed by atoms with Crippen molar-refractivity contribution >= 4 is 53.3 Å². The highest BCUT2D eigenvalue weighted by Crippen LogP contribution is 2.48. The Labute approximate surface area is 433 Å². The van der Waals surface area contributed by atoms with Gasteiger partial charge in [-0.15, -0.1) is 11.3 Å². The van der Waals surface area contributed by atoms with Gasteiger partial charge in [-0.3, -0.25) is 0 Å². The molecule has 74 heavy (non-hydrogen) atoms. The highest BCUT2D eigenvalue weighted by Gasteiger charge is 2.25. The minimum atomic E-state index is 0.220. The van der Waals surface area contributed by atoms with E-state index >= 15 is 0 Å². The van der Waals surface area contributed by atoms with Crippen LogP contribution in [0.15, 0.2) is 261 Å². The molecule has 5 heteroatoms. The molecule has 1 unspecified atom stereocenters. The standard InChI is InChI=1S/C69H46N4S/c1-6-20-45(21-7-1)48-34-36-51(37-35-48)67-70-68(54-41-52(46-22-8-2-9-23-46)40-53(42-54)47-24-10-3-11-25-47)72-69(71-67)55-43-60(49-26-12-4-13-27-49)64(61(44-55)50-28-14-5-15-29-50)73-62-32-18-16-30-56(62)58-38-39-59-57-31-17-19-33-63(57)74-66(59)65(58)73/h1-24,26-44,47H,25H2. The van der Waals surface area contributed by atoms with E-state index in [9.17, 15) is 0 Å². The molecule has 3 aromatic heterocycles. The topological polar surface area (TPSA) is 43.6 Å². The maximum atomic E-state index is 5.55. The van der Waals surface area contributed by atoms with Crippen LogP contribution in [-0.2, 0) is 0 Å². The van der Waals surface area contributed by atoms with Crippen molar-refractivity contribution in [2.75, 3.05) is 0 Å². The van der Waals surface area contributed by atoms with E-state index in [1.165, 1.54) is 42.0 Å². The van der Waals surface area contributed by atoms with Crippen molar-refractivity contribution in [2.45, 2.75) is 12.3 Å². The number of benzene rings is 10. The first-order valence-electron chi connectivity index (χ1n) is 25.3. The number of thiophene rings is 1. The van der Waals surface area contributed by atoms with Gasteiger partial charge in [-0.1, -0.05) is 224 Å². The van der Waals surface area contributed by atoms with Gasteiger partial charge < -0.3 is 4.57 Å². The van der Waals surface area contributed by atoms with E-state index in [4.69, 9.17) is 15.0 Å². The van der Waals surface area contributed by atoms with E-state index in [0.29, 0.717) is 17.5 Å². The number of fused-ring (bicyclic) bond motifs is 7. The van der Waals surface area contributed by atoms with E-state index in [-0.39, 0.29) is 5.92 Å². The predicted octanol–water partition coefficient (Wildman–Crippen LogP) is 18.6. The summed E-state index contributed by atoms with van der Waals surface area (Å²) in [6, 6.07) is 85.2. The summed E-state index contributed by atoms with van der Waals surface area (Å²) < 4.78 is 5.09. The molecule has 4 nitrogen and oxygen atoms in total. The number of aromatic nitrogens is 4. The molecule has 1 aliphatic rings. The first kappa shape index (κ1) is 43.5. The van der Waals surface area contributed by atoms with Gasteiger partial charge in [-0.25, -0.2) is 15.0 Å². The number of allylic oxidation sites excluding steroid dienone is 4. The summed E-state index contributed by atoms with van der Waals surface area (Å²) in [5.41, 5.74) is 16.3. The maximum absolute atomic E-state index is 5.55. The van der Waals surface area contributed by atoms with Crippen LogP contribution in [0.1, 0.15) is 17.9 Å². The average molecular weight is 963 g/mol. The fourth-order valence-electron chi connectivity index (χ4n) is 11.0. The van der Waals surface area contributed by atoms with E-state index in [1.807, 2.05) is 11.3 Å². The van der Waals surface area contributed by atoms with Gasteiger partial charge in [-0.05, 0) is 81.8 Å². The summed E-state index contributed by atoms with van der Waals surface area (Å²) in [5, 5.41) is 4.98. The molecule has 13 aromatic rings. The highest BCUT2D eigenvalue weighted by atomic mass is 32.1. The van der Waals surface area contributed by atoms with Gasteiger partial charge in [0.1, 0.15) is 0 Å². The van der Waals surface area contributed by atoms with E-state index in [0.717, 1.165) is 78.8 Å². The van der Waals surface area contributed by atoms with Crippen LogP contribution < -0.4 is 0 Å². The minimum Gasteiger partial charge on any atom is -0.307 e. The lowest BCUT2D eigenvalue weighted by Crippen LogP contribution is -2.04. The third kappa shape index (κ3) is 7.73. The Hall–Kier alpha value is -9.29. The largest absolute Gasteiger partial charge is 0.307 e. The molecule has 10 aromatic carbocycles. The first-order valence-corrected chi connectivity index (χ1v) is 26.1. The Balaban J connectivity index is 1.06. The summed E-state index contributed by atoms with van der Waals surface area (Å²) in [5.74, 6) is 2.04. The number of para-hydroxylation sites is 1. The van der Waals surface area contributed by atoms with Gasteiger partial charge in [0.15, 0.2) is 17.5 Å². The zero-order chi connectivity index (χ0) is 49.0. The zero-order valence-electron chi connectivity index (χ0n) is 40.3. The molecule has 1 aliphatic carbocycles. The van der Waals surface area contributed by atoms with E-state index in [2.05, 4.69) is 265 Å². The zero-order valence-corrected chi connectivity index (χ0v) is 41.1. The summed E-state index contributed by atoms with van der Waals surface area (Å²) in [6.45, 7) is 0. The quantitative estimate of drug-likeness (QED) is 0.145. The highest BCUT2D eigenvalue weighted by molar-refractivity contribution is 7.26. The van der Waals surface area contributed by atoms with Crippen molar-refractivity contribution in [1.82, 2.24) is 19.5 Å². The molecule has 0 N–H and O–H groups in total. The van der Waals surface area contributed by atoms with Gasteiger partial charge in [0.05, 0.1) is 21.4 Å².